The molecule has 0 bridgehead atoms. The van der Waals surface area contributed by atoms with Gasteiger partial charge in [-0.3, -0.25) is 4.79 Å². The number of likely N-dealkylation sites (tertiary alicyclic amines) is 1. The minimum absolute atomic E-state index is 0.294. The van der Waals surface area contributed by atoms with Crippen molar-refractivity contribution in [2.75, 3.05) is 6.54 Å². The summed E-state index contributed by atoms with van der Waals surface area (Å²) in [6.45, 7) is 4.30. The molecule has 1 aromatic rings. The van der Waals surface area contributed by atoms with E-state index >= 15 is 0 Å². The van der Waals surface area contributed by atoms with Gasteiger partial charge in [0.05, 0.1) is 10.6 Å². The molecule has 19 heavy (non-hydrogen) atoms. The van der Waals surface area contributed by atoms with E-state index in [4.69, 9.17) is 16.7 Å². The van der Waals surface area contributed by atoms with Crippen LogP contribution in [-0.4, -0.2) is 34.5 Å². The van der Waals surface area contributed by atoms with Gasteiger partial charge in [-0.05, 0) is 49.9 Å². The zero-order valence-corrected chi connectivity index (χ0v) is 11.7. The van der Waals surface area contributed by atoms with E-state index in [0.717, 1.165) is 11.1 Å². The summed E-state index contributed by atoms with van der Waals surface area (Å²) in [6, 6.07) is 2.75. The molecular weight excluding hydrogens is 266 g/mol. The van der Waals surface area contributed by atoms with Crippen molar-refractivity contribution < 1.29 is 14.7 Å². The van der Waals surface area contributed by atoms with Crippen LogP contribution in [0.25, 0.3) is 0 Å². The fraction of sp³-hybridized carbons (Fsp3) is 0.429. The number of aryl methyl sites for hydroxylation is 2. The molecule has 0 aromatic heterocycles. The predicted octanol–water partition coefficient (Wildman–Crippen LogP) is 2.65. The van der Waals surface area contributed by atoms with Gasteiger partial charge in [-0.25, -0.2) is 4.79 Å². The van der Waals surface area contributed by atoms with Crippen molar-refractivity contribution in [2.45, 2.75) is 32.7 Å². The molecule has 1 N–H and O–H groups in total. The number of hydrogen-bond donors (Lipinski definition) is 1. The molecule has 1 unspecified atom stereocenters. The molecule has 0 spiro atoms. The monoisotopic (exact) mass is 281 g/mol. The maximum atomic E-state index is 12.4. The molecule has 1 aliphatic heterocycles. The summed E-state index contributed by atoms with van der Waals surface area (Å²) in [7, 11) is 0. The van der Waals surface area contributed by atoms with E-state index in [9.17, 15) is 9.59 Å². The van der Waals surface area contributed by atoms with Crippen LogP contribution in [-0.2, 0) is 4.79 Å². The van der Waals surface area contributed by atoms with Crippen molar-refractivity contribution >= 4 is 23.5 Å². The molecule has 4 nitrogen and oxygen atoms in total. The SMILES string of the molecule is Cc1cc(Cl)c(C(=O)N2CCCC2C(=O)O)cc1C. The molecule has 1 saturated heterocycles. The van der Waals surface area contributed by atoms with Crippen LogP contribution >= 0.6 is 11.6 Å². The Morgan fingerprint density at radius 3 is 2.58 bits per heavy atom. The van der Waals surface area contributed by atoms with E-state index in [1.54, 1.807) is 12.1 Å². The maximum Gasteiger partial charge on any atom is 0.326 e. The van der Waals surface area contributed by atoms with Crippen molar-refractivity contribution in [3.05, 3.63) is 33.8 Å². The molecule has 1 fully saturated rings. The second-order valence-electron chi connectivity index (χ2n) is 4.91. The molecule has 1 aliphatic rings. The van der Waals surface area contributed by atoms with Crippen LogP contribution in [0.5, 0.6) is 0 Å². The average molecular weight is 282 g/mol. The molecule has 0 aliphatic carbocycles. The van der Waals surface area contributed by atoms with Crippen LogP contribution in [0, 0.1) is 13.8 Å². The average Bonchev–Trinajstić information content (AvgIpc) is 2.82. The summed E-state index contributed by atoms with van der Waals surface area (Å²) in [5, 5.41) is 9.50. The quantitative estimate of drug-likeness (QED) is 0.907. The van der Waals surface area contributed by atoms with Gasteiger partial charge in [0, 0.05) is 6.54 Å². The van der Waals surface area contributed by atoms with Gasteiger partial charge < -0.3 is 10.0 Å². The van der Waals surface area contributed by atoms with Crippen molar-refractivity contribution in [3.8, 4) is 0 Å². The zero-order valence-electron chi connectivity index (χ0n) is 10.9. The van der Waals surface area contributed by atoms with Crippen molar-refractivity contribution in [3.63, 3.8) is 0 Å². The lowest BCUT2D eigenvalue weighted by Crippen LogP contribution is -2.40. The first-order valence-corrected chi connectivity index (χ1v) is 6.60. The molecule has 1 aromatic carbocycles. The Balaban J connectivity index is 2.34. The van der Waals surface area contributed by atoms with Gasteiger partial charge in [-0.15, -0.1) is 0 Å². The van der Waals surface area contributed by atoms with Gasteiger partial charge in [-0.1, -0.05) is 11.6 Å². The minimum Gasteiger partial charge on any atom is -0.480 e. The fourth-order valence-electron chi connectivity index (χ4n) is 2.37. The summed E-state index contributed by atoms with van der Waals surface area (Å²) in [6.07, 6.45) is 1.22. The summed E-state index contributed by atoms with van der Waals surface area (Å²) in [4.78, 5) is 25.0. The first-order chi connectivity index (χ1) is 8.91. The van der Waals surface area contributed by atoms with Gasteiger partial charge >= 0.3 is 5.97 Å². The molecule has 102 valence electrons. The predicted molar refractivity (Wildman–Crippen MR) is 72.6 cm³/mol. The topological polar surface area (TPSA) is 57.6 Å². The molecule has 1 heterocycles. The van der Waals surface area contributed by atoms with E-state index in [0.29, 0.717) is 30.0 Å². The smallest absolute Gasteiger partial charge is 0.326 e. The molecular formula is C14H16ClNO3. The number of carbonyl (C=O) groups excluding carboxylic acids is 1. The Labute approximate surface area is 117 Å². The van der Waals surface area contributed by atoms with Crippen LogP contribution in [0.1, 0.15) is 34.3 Å². The highest BCUT2D eigenvalue weighted by atomic mass is 35.5. The van der Waals surface area contributed by atoms with Gasteiger partial charge in [0.25, 0.3) is 5.91 Å². The first-order valence-electron chi connectivity index (χ1n) is 6.22. The number of carbonyl (C=O) groups is 2. The lowest BCUT2D eigenvalue weighted by molar-refractivity contribution is -0.141. The second kappa shape index (κ2) is 5.21. The number of nitrogens with zero attached hydrogens (tertiary/aromatic N) is 1. The van der Waals surface area contributed by atoms with E-state index in [-0.39, 0.29) is 5.91 Å². The van der Waals surface area contributed by atoms with Gasteiger partial charge in [0.2, 0.25) is 0 Å². The van der Waals surface area contributed by atoms with E-state index in [2.05, 4.69) is 0 Å². The highest BCUT2D eigenvalue weighted by molar-refractivity contribution is 6.34. The van der Waals surface area contributed by atoms with Crippen LogP contribution in [0.4, 0.5) is 0 Å². The highest BCUT2D eigenvalue weighted by Gasteiger charge is 2.35. The van der Waals surface area contributed by atoms with Gasteiger partial charge in [0.15, 0.2) is 0 Å². The molecule has 5 heteroatoms. The number of carboxylic acids is 1. The first kappa shape index (κ1) is 13.9. The number of benzene rings is 1. The number of halogens is 1. The third-order valence-electron chi connectivity index (χ3n) is 3.61. The highest BCUT2D eigenvalue weighted by Crippen LogP contribution is 2.26. The molecule has 2 rings (SSSR count). The van der Waals surface area contributed by atoms with Crippen molar-refractivity contribution in [1.29, 1.82) is 0 Å². The zero-order chi connectivity index (χ0) is 14.2. The van der Waals surface area contributed by atoms with E-state index in [1.165, 1.54) is 4.90 Å². The summed E-state index contributed by atoms with van der Waals surface area (Å²) in [5.41, 5.74) is 2.37. The normalized spacial score (nSPS) is 18.7. The number of hydrogen-bond acceptors (Lipinski definition) is 2. The number of rotatable bonds is 2. The number of aliphatic carboxylic acids is 1. The Hall–Kier alpha value is -1.55. The Kier molecular flexibility index (Phi) is 3.80. The van der Waals surface area contributed by atoms with Gasteiger partial charge in [-0.2, -0.15) is 0 Å². The fourth-order valence-corrected chi connectivity index (χ4v) is 2.67. The number of amides is 1. The molecule has 1 amide bonds. The van der Waals surface area contributed by atoms with Crippen LogP contribution in [0.2, 0.25) is 5.02 Å². The minimum atomic E-state index is -0.953. The van der Waals surface area contributed by atoms with E-state index in [1.807, 2.05) is 13.8 Å². The lowest BCUT2D eigenvalue weighted by atomic mass is 10.0. The third kappa shape index (κ3) is 2.59. The lowest BCUT2D eigenvalue weighted by Gasteiger charge is -2.22. The molecule has 0 radical (unpaired) electrons. The van der Waals surface area contributed by atoms with Crippen LogP contribution in [0.3, 0.4) is 0 Å². The van der Waals surface area contributed by atoms with E-state index < -0.39 is 12.0 Å². The molecule has 1 atom stereocenters. The Morgan fingerprint density at radius 2 is 1.95 bits per heavy atom. The van der Waals surface area contributed by atoms with Crippen molar-refractivity contribution in [2.24, 2.45) is 0 Å². The Morgan fingerprint density at radius 1 is 1.32 bits per heavy atom. The van der Waals surface area contributed by atoms with Crippen LogP contribution < -0.4 is 0 Å². The largest absolute Gasteiger partial charge is 0.480 e. The standard InChI is InChI=1S/C14H16ClNO3/c1-8-6-10(11(15)7-9(8)2)13(17)16-5-3-4-12(16)14(18)19/h6-7,12H,3-5H2,1-2H3,(H,18,19). The van der Waals surface area contributed by atoms with Gasteiger partial charge in [0.1, 0.15) is 6.04 Å². The maximum absolute atomic E-state index is 12.4. The summed E-state index contributed by atoms with van der Waals surface area (Å²) >= 11 is 6.11. The Bertz CT molecular complexity index is 542. The molecule has 0 saturated carbocycles. The third-order valence-corrected chi connectivity index (χ3v) is 3.93. The van der Waals surface area contributed by atoms with Crippen molar-refractivity contribution in [1.82, 2.24) is 4.90 Å². The number of carboxylic acid groups (broad SMARTS) is 1. The second-order valence-corrected chi connectivity index (χ2v) is 5.32. The summed E-state index contributed by atoms with van der Waals surface area (Å²) in [5.74, 6) is -1.25. The summed E-state index contributed by atoms with van der Waals surface area (Å²) < 4.78 is 0. The van der Waals surface area contributed by atoms with Crippen LogP contribution in [0.15, 0.2) is 12.1 Å².